The third kappa shape index (κ3) is 3.51. The second-order valence-electron chi connectivity index (χ2n) is 12.9. The third-order valence-corrected chi connectivity index (χ3v) is 10.6. The molecule has 42 heavy (non-hydrogen) atoms. The lowest BCUT2D eigenvalue weighted by Gasteiger charge is -2.61. The molecule has 230 valence electrons. The second-order valence-corrected chi connectivity index (χ2v) is 12.9. The second kappa shape index (κ2) is 9.66. The van der Waals surface area contributed by atoms with E-state index in [1.54, 1.807) is 32.1 Å². The number of hydrogen-bond acceptors (Lipinski definition) is 10. The van der Waals surface area contributed by atoms with Gasteiger partial charge in [-0.05, 0) is 37.8 Å². The predicted octanol–water partition coefficient (Wildman–Crippen LogP) is 2.41. The first-order valence-corrected chi connectivity index (χ1v) is 15.0. The summed E-state index contributed by atoms with van der Waals surface area (Å²) in [5.41, 5.74) is -6.12. The normalized spacial score (nSPS) is 50.0. The number of rotatable bonds is 9. The zero-order valence-corrected chi connectivity index (χ0v) is 24.9. The van der Waals surface area contributed by atoms with Gasteiger partial charge in [0.15, 0.2) is 17.0 Å². The van der Waals surface area contributed by atoms with E-state index < -0.39 is 88.9 Å². The van der Waals surface area contributed by atoms with E-state index in [-0.39, 0.29) is 5.57 Å². The smallest absolute Gasteiger partial charge is 0.307 e. The Morgan fingerprint density at radius 1 is 1.17 bits per heavy atom. The first-order chi connectivity index (χ1) is 19.8. The molecule has 3 aliphatic carbocycles. The van der Waals surface area contributed by atoms with Crippen molar-refractivity contribution in [2.45, 2.75) is 113 Å². The van der Waals surface area contributed by atoms with E-state index in [0.717, 1.165) is 25.7 Å². The minimum absolute atomic E-state index is 0.248. The van der Waals surface area contributed by atoms with Crippen LogP contribution < -0.4 is 0 Å². The fourth-order valence-corrected chi connectivity index (χ4v) is 8.66. The number of ketones is 1. The molecule has 3 N–H and O–H groups in total. The first kappa shape index (κ1) is 29.9. The van der Waals surface area contributed by atoms with Gasteiger partial charge in [-0.3, -0.25) is 9.59 Å². The number of aliphatic hydroxyl groups is 3. The molecule has 5 fully saturated rings. The van der Waals surface area contributed by atoms with E-state index in [4.69, 9.17) is 23.7 Å². The number of carbonyl (C=O) groups excluding carboxylic acids is 2. The van der Waals surface area contributed by atoms with Crippen molar-refractivity contribution in [1.82, 2.24) is 0 Å². The van der Waals surface area contributed by atoms with Gasteiger partial charge in [0.05, 0.1) is 12.2 Å². The number of ether oxygens (including phenoxy) is 5. The van der Waals surface area contributed by atoms with Crippen LogP contribution in [0.25, 0.3) is 0 Å². The van der Waals surface area contributed by atoms with Crippen LogP contribution in [0, 0.1) is 17.8 Å². The van der Waals surface area contributed by atoms with Gasteiger partial charge in [0.1, 0.15) is 30.0 Å². The van der Waals surface area contributed by atoms with E-state index in [2.05, 4.69) is 13.5 Å². The molecular formula is C32H42O10. The number of aliphatic hydroxyl groups excluding tert-OH is 2. The Kier molecular flexibility index (Phi) is 6.87. The summed E-state index contributed by atoms with van der Waals surface area (Å²) in [5.74, 6) is -5.58. The maximum atomic E-state index is 13.7. The van der Waals surface area contributed by atoms with Crippen molar-refractivity contribution < 1.29 is 48.6 Å². The zero-order chi connectivity index (χ0) is 30.5. The van der Waals surface area contributed by atoms with E-state index in [1.165, 1.54) is 6.92 Å². The first-order valence-electron chi connectivity index (χ1n) is 15.0. The molecule has 10 heteroatoms. The molecule has 0 aromatic carbocycles. The van der Waals surface area contributed by atoms with E-state index >= 15 is 0 Å². The summed E-state index contributed by atoms with van der Waals surface area (Å²) < 4.78 is 32.4. The SMILES string of the molecule is C=C(C)C12OC3(/C=C/C=C\CCCCC)OC1C1C4O[C@]4(CO)[C@@H](O)[C@]4(O)C(=O)C(C)=CC4C1(O3)[C@H](C)[C@H]2OC(C)=O. The summed E-state index contributed by atoms with van der Waals surface area (Å²) in [6.45, 7) is 12.2. The van der Waals surface area contributed by atoms with Gasteiger partial charge in [0.25, 0.3) is 0 Å². The van der Waals surface area contributed by atoms with Crippen molar-refractivity contribution in [3.05, 3.63) is 48.1 Å². The van der Waals surface area contributed by atoms with Gasteiger partial charge >= 0.3 is 11.9 Å². The van der Waals surface area contributed by atoms with Crippen LogP contribution in [0.1, 0.15) is 60.3 Å². The standard InChI is InChI=1S/C32H42O10/c1-7-8-9-10-11-12-13-14-29-40-26-22-25-28(16-33,39-25)27(36)30(37)21(15-18(4)23(30)35)32(22,42-29)19(5)24(38-20(6)34)31(26,41-29)17(2)3/h11-15,19,21-22,24-27,33,36-37H,2,7-10,16H2,1,3-6H3/b12-11-,14-13+/t19-,21?,22?,24-,25?,26?,27-,28+,29?,30-,31?,32?/m1/s1. The van der Waals surface area contributed by atoms with Gasteiger partial charge in [-0.25, -0.2) is 0 Å². The molecule has 3 aliphatic heterocycles. The predicted molar refractivity (Wildman–Crippen MR) is 149 cm³/mol. The van der Waals surface area contributed by atoms with Crippen LogP contribution in [-0.4, -0.2) is 86.5 Å². The number of hydrogen-bond donors (Lipinski definition) is 3. The summed E-state index contributed by atoms with van der Waals surface area (Å²) in [4.78, 5) is 26.2. The van der Waals surface area contributed by atoms with Crippen molar-refractivity contribution in [2.75, 3.05) is 6.61 Å². The Morgan fingerprint density at radius 2 is 1.90 bits per heavy atom. The molecule has 6 rings (SSSR count). The third-order valence-electron chi connectivity index (χ3n) is 10.6. The number of unbranched alkanes of at least 4 members (excludes halogenated alkanes) is 3. The van der Waals surface area contributed by atoms with Crippen LogP contribution in [0.3, 0.4) is 0 Å². The highest BCUT2D eigenvalue weighted by molar-refractivity contribution is 6.05. The van der Waals surface area contributed by atoms with Crippen LogP contribution in [0.4, 0.5) is 0 Å². The summed E-state index contributed by atoms with van der Waals surface area (Å²) in [6, 6.07) is 0. The van der Waals surface area contributed by atoms with Crippen LogP contribution in [0.5, 0.6) is 0 Å². The summed E-state index contributed by atoms with van der Waals surface area (Å²) in [7, 11) is 0. The molecule has 6 aliphatic rings. The molecule has 3 saturated heterocycles. The average Bonchev–Trinajstić information content (AvgIpc) is 3.57. The Bertz CT molecular complexity index is 1290. The number of Topliss-reactive ketones (excluding diaryl/α,β-unsaturated/α-hetero) is 1. The summed E-state index contributed by atoms with van der Waals surface area (Å²) >= 11 is 0. The van der Waals surface area contributed by atoms with Gasteiger partial charge in [-0.1, -0.05) is 57.6 Å². The largest absolute Gasteiger partial charge is 0.459 e. The van der Waals surface area contributed by atoms with E-state index in [9.17, 15) is 24.9 Å². The molecule has 7 unspecified atom stereocenters. The van der Waals surface area contributed by atoms with Gasteiger partial charge in [-0.2, -0.15) is 0 Å². The molecule has 0 spiro atoms. The Hall–Kier alpha value is -2.18. The summed E-state index contributed by atoms with van der Waals surface area (Å²) in [6.07, 6.45) is 8.71. The quantitative estimate of drug-likeness (QED) is 0.121. The van der Waals surface area contributed by atoms with Gasteiger partial charge in [-0.15, -0.1) is 0 Å². The molecule has 0 radical (unpaired) electrons. The molecule has 12 atom stereocenters. The van der Waals surface area contributed by atoms with Gasteiger partial charge in [0, 0.05) is 30.8 Å². The van der Waals surface area contributed by atoms with E-state index in [1.807, 2.05) is 19.1 Å². The van der Waals surface area contributed by atoms with Gasteiger partial charge < -0.3 is 39.0 Å². The van der Waals surface area contributed by atoms with Crippen molar-refractivity contribution in [1.29, 1.82) is 0 Å². The van der Waals surface area contributed by atoms with Crippen LogP contribution >= 0.6 is 0 Å². The summed E-state index contributed by atoms with van der Waals surface area (Å²) in [5, 5.41) is 34.4. The Balaban J connectivity index is 1.55. The number of esters is 1. The number of carbonyl (C=O) groups is 2. The molecular weight excluding hydrogens is 544 g/mol. The van der Waals surface area contributed by atoms with Crippen LogP contribution in [-0.2, 0) is 33.3 Å². The minimum Gasteiger partial charge on any atom is -0.459 e. The minimum atomic E-state index is -2.38. The van der Waals surface area contributed by atoms with Crippen molar-refractivity contribution in [2.24, 2.45) is 17.8 Å². The van der Waals surface area contributed by atoms with Crippen molar-refractivity contribution >= 4 is 11.8 Å². The number of epoxide rings is 1. The highest BCUT2D eigenvalue weighted by atomic mass is 16.9. The lowest BCUT2D eigenvalue weighted by atomic mass is 9.53. The number of fused-ring (bicyclic) bond motifs is 3. The maximum Gasteiger partial charge on any atom is 0.307 e. The molecule has 3 heterocycles. The molecule has 2 saturated carbocycles. The Labute approximate surface area is 246 Å². The maximum absolute atomic E-state index is 13.7. The fraction of sp³-hybridized carbons (Fsp3) is 0.688. The van der Waals surface area contributed by atoms with Crippen LogP contribution in [0.15, 0.2) is 48.1 Å². The topological polar surface area (TPSA) is 144 Å². The molecule has 10 nitrogen and oxygen atoms in total. The highest BCUT2D eigenvalue weighted by Crippen LogP contribution is 2.73. The number of allylic oxidation sites excluding steroid dienone is 3. The lowest BCUT2D eigenvalue weighted by molar-refractivity contribution is -0.407. The van der Waals surface area contributed by atoms with Crippen molar-refractivity contribution in [3.63, 3.8) is 0 Å². The fourth-order valence-electron chi connectivity index (χ4n) is 8.66. The average molecular weight is 587 g/mol. The highest BCUT2D eigenvalue weighted by Gasteiger charge is 2.90. The van der Waals surface area contributed by atoms with Gasteiger partial charge in [0.2, 0.25) is 0 Å². The zero-order valence-electron chi connectivity index (χ0n) is 24.9. The molecule has 0 amide bonds. The Morgan fingerprint density at radius 3 is 2.55 bits per heavy atom. The van der Waals surface area contributed by atoms with E-state index in [0.29, 0.717) is 5.57 Å². The molecule has 3 bridgehead atoms. The molecule has 0 aromatic rings. The van der Waals surface area contributed by atoms with Crippen molar-refractivity contribution in [3.8, 4) is 0 Å². The lowest BCUT2D eigenvalue weighted by Crippen LogP contribution is -2.76. The molecule has 0 aromatic heterocycles. The van der Waals surface area contributed by atoms with Crippen LogP contribution in [0.2, 0.25) is 0 Å². The monoisotopic (exact) mass is 586 g/mol.